The average molecular weight is 188 g/mol. The Balaban J connectivity index is 2.37. The number of hydrogen-bond donors (Lipinski definition) is 0. The molecule has 0 aromatic carbocycles. The van der Waals surface area contributed by atoms with Crippen LogP contribution in [0.25, 0.3) is 0 Å². The summed E-state index contributed by atoms with van der Waals surface area (Å²) in [6.07, 6.45) is 3.01. The Morgan fingerprint density at radius 3 is 2.93 bits per heavy atom. The fourth-order valence-corrected chi connectivity index (χ4v) is 1.12. The second kappa shape index (κ2) is 3.41. The van der Waals surface area contributed by atoms with Crippen molar-refractivity contribution in [3.05, 3.63) is 47.9 Å². The smallest absolute Gasteiger partial charge is 0.246 e. The quantitative estimate of drug-likeness (QED) is 0.672. The molecule has 70 valence electrons. The Labute approximate surface area is 80.6 Å². The lowest BCUT2D eigenvalue weighted by Gasteiger charge is -1.96. The Bertz CT molecular complexity index is 449. The molecule has 2 heterocycles. The van der Waals surface area contributed by atoms with Crippen molar-refractivity contribution in [1.82, 2.24) is 9.97 Å². The van der Waals surface area contributed by atoms with Crippen LogP contribution in [0.3, 0.4) is 0 Å². The van der Waals surface area contributed by atoms with Crippen molar-refractivity contribution in [3.63, 3.8) is 0 Å². The third-order valence-electron chi connectivity index (χ3n) is 1.75. The van der Waals surface area contributed by atoms with Crippen LogP contribution in [0.15, 0.2) is 35.1 Å². The highest BCUT2D eigenvalue weighted by atomic mass is 16.3. The van der Waals surface area contributed by atoms with Crippen LogP contribution in [-0.2, 0) is 0 Å². The normalized spacial score (nSPS) is 10.1. The lowest BCUT2D eigenvalue weighted by Crippen LogP contribution is -2.04. The predicted octanol–water partition coefficient (Wildman–Crippen LogP) is 1.61. The van der Waals surface area contributed by atoms with E-state index in [1.807, 2.05) is 0 Å². The van der Waals surface area contributed by atoms with Gasteiger partial charge in [0.15, 0.2) is 5.76 Å². The maximum atomic E-state index is 11.7. The molecule has 0 unspecified atom stereocenters. The number of aryl methyl sites for hydroxylation is 1. The zero-order valence-corrected chi connectivity index (χ0v) is 7.60. The summed E-state index contributed by atoms with van der Waals surface area (Å²) in [5, 5.41) is 0. The first-order valence-corrected chi connectivity index (χ1v) is 4.15. The summed E-state index contributed by atoms with van der Waals surface area (Å²) < 4.78 is 4.98. The number of ketones is 1. The van der Waals surface area contributed by atoms with Gasteiger partial charge in [-0.2, -0.15) is 0 Å². The molecular weight excluding hydrogens is 180 g/mol. The average Bonchev–Trinajstić information content (AvgIpc) is 2.69. The lowest BCUT2D eigenvalue weighted by atomic mass is 10.2. The molecule has 0 aliphatic heterocycles. The minimum Gasteiger partial charge on any atom is -0.461 e. The molecule has 0 N–H and O–H groups in total. The van der Waals surface area contributed by atoms with Gasteiger partial charge in [0.25, 0.3) is 0 Å². The Morgan fingerprint density at radius 2 is 2.29 bits per heavy atom. The third kappa shape index (κ3) is 1.54. The van der Waals surface area contributed by atoms with Crippen LogP contribution < -0.4 is 0 Å². The summed E-state index contributed by atoms with van der Waals surface area (Å²) in [7, 11) is 0. The highest BCUT2D eigenvalue weighted by Crippen LogP contribution is 2.07. The molecule has 0 bridgehead atoms. The second-order valence-corrected chi connectivity index (χ2v) is 2.80. The van der Waals surface area contributed by atoms with Gasteiger partial charge in [-0.3, -0.25) is 4.79 Å². The van der Waals surface area contributed by atoms with Crippen molar-refractivity contribution < 1.29 is 9.21 Å². The number of hydrogen-bond acceptors (Lipinski definition) is 4. The number of carbonyl (C=O) groups is 1. The topological polar surface area (TPSA) is 56.0 Å². The van der Waals surface area contributed by atoms with Crippen LogP contribution in [0, 0.1) is 6.92 Å². The van der Waals surface area contributed by atoms with Gasteiger partial charge in [-0.15, -0.1) is 0 Å². The van der Waals surface area contributed by atoms with Crippen LogP contribution in [-0.4, -0.2) is 15.8 Å². The van der Waals surface area contributed by atoms with Crippen molar-refractivity contribution in [1.29, 1.82) is 0 Å². The number of aromatic nitrogens is 2. The maximum Gasteiger partial charge on any atom is 0.246 e. The van der Waals surface area contributed by atoms with E-state index in [1.54, 1.807) is 31.3 Å². The number of nitrogens with zero attached hydrogens (tertiary/aromatic N) is 2. The van der Waals surface area contributed by atoms with Gasteiger partial charge < -0.3 is 4.42 Å². The minimum atomic E-state index is -0.222. The van der Waals surface area contributed by atoms with Crippen molar-refractivity contribution >= 4 is 5.78 Å². The van der Waals surface area contributed by atoms with Crippen LogP contribution in [0.2, 0.25) is 0 Å². The lowest BCUT2D eigenvalue weighted by molar-refractivity contribution is 0.100. The third-order valence-corrected chi connectivity index (χ3v) is 1.75. The summed E-state index contributed by atoms with van der Waals surface area (Å²) >= 11 is 0. The van der Waals surface area contributed by atoms with Gasteiger partial charge in [0, 0.05) is 6.20 Å². The molecule has 14 heavy (non-hydrogen) atoms. The van der Waals surface area contributed by atoms with Gasteiger partial charge in [0.2, 0.25) is 5.78 Å². The second-order valence-electron chi connectivity index (χ2n) is 2.80. The molecule has 0 atom stereocenters. The number of carbonyl (C=O) groups excluding carboxylic acids is 1. The van der Waals surface area contributed by atoms with Gasteiger partial charge in [0.1, 0.15) is 11.5 Å². The molecule has 2 aromatic rings. The molecule has 2 rings (SSSR count). The monoisotopic (exact) mass is 188 g/mol. The minimum absolute atomic E-state index is 0.222. The van der Waals surface area contributed by atoms with E-state index >= 15 is 0 Å². The molecule has 4 nitrogen and oxygen atoms in total. The first-order chi connectivity index (χ1) is 6.77. The Kier molecular flexibility index (Phi) is 2.10. The van der Waals surface area contributed by atoms with Gasteiger partial charge in [0.05, 0.1) is 6.26 Å². The van der Waals surface area contributed by atoms with Crippen LogP contribution in [0.4, 0.5) is 0 Å². The summed E-state index contributed by atoms with van der Waals surface area (Å²) in [5.41, 5.74) is 0.354. The molecule has 0 saturated heterocycles. The van der Waals surface area contributed by atoms with Crippen LogP contribution in [0.5, 0.6) is 0 Å². The molecule has 0 saturated carbocycles. The summed E-state index contributed by atoms with van der Waals surface area (Å²) in [5.74, 6) is 0.644. The summed E-state index contributed by atoms with van der Waals surface area (Å²) in [6.45, 7) is 1.74. The van der Waals surface area contributed by atoms with Gasteiger partial charge in [-0.1, -0.05) is 0 Å². The van der Waals surface area contributed by atoms with E-state index in [0.717, 1.165) is 0 Å². The zero-order chi connectivity index (χ0) is 9.97. The van der Waals surface area contributed by atoms with Crippen LogP contribution >= 0.6 is 0 Å². The maximum absolute atomic E-state index is 11.7. The standard InChI is InChI=1S/C10H8N2O2/c1-7-11-5-4-8(12-7)10(13)9-3-2-6-14-9/h2-6H,1H3. The fourth-order valence-electron chi connectivity index (χ4n) is 1.12. The first kappa shape index (κ1) is 8.62. The largest absolute Gasteiger partial charge is 0.461 e. The fraction of sp³-hybridized carbons (Fsp3) is 0.100. The molecule has 2 aromatic heterocycles. The molecule has 0 spiro atoms. The van der Waals surface area contributed by atoms with E-state index in [4.69, 9.17) is 4.42 Å². The molecule has 0 aliphatic carbocycles. The van der Waals surface area contributed by atoms with E-state index < -0.39 is 0 Å². The molecule has 0 aliphatic rings. The highest BCUT2D eigenvalue weighted by molar-refractivity contribution is 6.05. The summed E-state index contributed by atoms with van der Waals surface area (Å²) in [4.78, 5) is 19.6. The van der Waals surface area contributed by atoms with Gasteiger partial charge >= 0.3 is 0 Å². The van der Waals surface area contributed by atoms with E-state index in [1.165, 1.54) is 6.26 Å². The van der Waals surface area contributed by atoms with Crippen molar-refractivity contribution in [2.24, 2.45) is 0 Å². The molecular formula is C10H8N2O2. The van der Waals surface area contributed by atoms with Gasteiger partial charge in [-0.25, -0.2) is 9.97 Å². The first-order valence-electron chi connectivity index (χ1n) is 4.15. The SMILES string of the molecule is Cc1nccc(C(=O)c2ccco2)n1. The molecule has 0 amide bonds. The summed E-state index contributed by atoms with van der Waals surface area (Å²) in [6, 6.07) is 4.85. The van der Waals surface area contributed by atoms with E-state index in [2.05, 4.69) is 9.97 Å². The Hall–Kier alpha value is -1.97. The molecule has 4 heteroatoms. The van der Waals surface area contributed by atoms with Gasteiger partial charge in [-0.05, 0) is 25.1 Å². The Morgan fingerprint density at radius 1 is 1.43 bits per heavy atom. The van der Waals surface area contributed by atoms with E-state index in [0.29, 0.717) is 17.3 Å². The van der Waals surface area contributed by atoms with Crippen LogP contribution in [0.1, 0.15) is 22.1 Å². The van der Waals surface area contributed by atoms with Crippen molar-refractivity contribution in [2.75, 3.05) is 0 Å². The van der Waals surface area contributed by atoms with E-state index in [-0.39, 0.29) is 5.78 Å². The van der Waals surface area contributed by atoms with Crippen molar-refractivity contribution in [3.8, 4) is 0 Å². The highest BCUT2D eigenvalue weighted by Gasteiger charge is 2.12. The van der Waals surface area contributed by atoms with Crippen molar-refractivity contribution in [2.45, 2.75) is 6.92 Å². The molecule has 0 fully saturated rings. The number of rotatable bonds is 2. The predicted molar refractivity (Wildman–Crippen MR) is 48.9 cm³/mol. The van der Waals surface area contributed by atoms with E-state index in [9.17, 15) is 4.79 Å². The number of furan rings is 1. The zero-order valence-electron chi connectivity index (χ0n) is 7.60. The molecule has 0 radical (unpaired) electrons.